The van der Waals surface area contributed by atoms with Crippen molar-refractivity contribution >= 4 is 24.8 Å². The number of hydrogen-bond acceptors (Lipinski definition) is 2. The van der Waals surface area contributed by atoms with Crippen molar-refractivity contribution in [2.75, 3.05) is 20.1 Å². The van der Waals surface area contributed by atoms with E-state index in [1.54, 1.807) is 0 Å². The van der Waals surface area contributed by atoms with Crippen molar-refractivity contribution in [3.8, 4) is 0 Å². The largest absolute Gasteiger partial charge is 0.311 e. The second kappa shape index (κ2) is 3.77. The van der Waals surface area contributed by atoms with E-state index in [4.69, 9.17) is 0 Å². The van der Waals surface area contributed by atoms with Gasteiger partial charge in [-0.2, -0.15) is 0 Å². The van der Waals surface area contributed by atoms with Crippen LogP contribution in [0.25, 0.3) is 0 Å². The fourth-order valence-electron chi connectivity index (χ4n) is 1.78. The zero-order valence-corrected chi connectivity index (χ0v) is 7.67. The molecule has 0 aromatic carbocycles. The maximum atomic E-state index is 3.44. The van der Waals surface area contributed by atoms with Gasteiger partial charge in [0.1, 0.15) is 0 Å². The van der Waals surface area contributed by atoms with Gasteiger partial charge in [0.2, 0.25) is 0 Å². The molecule has 0 aliphatic carbocycles. The second-order valence-electron chi connectivity index (χ2n) is 2.86. The van der Waals surface area contributed by atoms with Crippen molar-refractivity contribution in [1.82, 2.24) is 10.2 Å². The molecule has 10 heavy (non-hydrogen) atoms. The number of likely N-dealkylation sites (N-methyl/N-ethyl adjacent to an activating group) is 1. The minimum absolute atomic E-state index is 0. The Bertz CT molecular complexity index is 110. The number of hydrogen-bond donors (Lipinski definition) is 1. The van der Waals surface area contributed by atoms with E-state index in [2.05, 4.69) is 17.3 Å². The van der Waals surface area contributed by atoms with Crippen molar-refractivity contribution in [2.45, 2.75) is 18.5 Å². The van der Waals surface area contributed by atoms with E-state index in [0.717, 1.165) is 12.1 Å². The topological polar surface area (TPSA) is 15.3 Å². The van der Waals surface area contributed by atoms with Crippen LogP contribution in [-0.4, -0.2) is 37.1 Å². The summed E-state index contributed by atoms with van der Waals surface area (Å²) >= 11 is 0. The van der Waals surface area contributed by atoms with E-state index >= 15 is 0 Å². The summed E-state index contributed by atoms with van der Waals surface area (Å²) in [5.41, 5.74) is 0. The Hall–Kier alpha value is 0.500. The highest BCUT2D eigenvalue weighted by Crippen LogP contribution is 2.22. The second-order valence-corrected chi connectivity index (χ2v) is 2.86. The molecule has 0 amide bonds. The minimum Gasteiger partial charge on any atom is -0.311 e. The highest BCUT2D eigenvalue weighted by atomic mass is 35.5. The first-order valence-corrected chi connectivity index (χ1v) is 3.31. The lowest BCUT2D eigenvalue weighted by atomic mass is 10.00. The molecule has 2 rings (SSSR count). The van der Waals surface area contributed by atoms with E-state index < -0.39 is 0 Å². The Morgan fingerprint density at radius 3 is 2.50 bits per heavy atom. The van der Waals surface area contributed by atoms with Crippen LogP contribution in [0, 0.1) is 0 Å². The van der Waals surface area contributed by atoms with Gasteiger partial charge in [-0.3, -0.25) is 0 Å². The van der Waals surface area contributed by atoms with E-state index in [0.29, 0.717) is 0 Å². The van der Waals surface area contributed by atoms with Gasteiger partial charge < -0.3 is 10.2 Å². The summed E-state index contributed by atoms with van der Waals surface area (Å²) in [6.45, 7) is 2.50. The zero-order valence-electron chi connectivity index (χ0n) is 6.04. The maximum Gasteiger partial charge on any atom is 0.0351 e. The zero-order chi connectivity index (χ0) is 5.56. The van der Waals surface area contributed by atoms with Crippen molar-refractivity contribution < 1.29 is 0 Å². The fraction of sp³-hybridized carbons (Fsp3) is 1.00. The van der Waals surface area contributed by atoms with E-state index in [9.17, 15) is 0 Å². The van der Waals surface area contributed by atoms with E-state index in [1.165, 1.54) is 19.5 Å². The molecule has 0 aromatic heterocycles. The molecule has 0 aromatic rings. The average Bonchev–Trinajstić information content (AvgIpc) is 2.09. The molecule has 2 saturated heterocycles. The van der Waals surface area contributed by atoms with Gasteiger partial charge >= 0.3 is 0 Å². The minimum atomic E-state index is 0. The third-order valence-electron chi connectivity index (χ3n) is 2.36. The monoisotopic (exact) mass is 184 g/mol. The number of nitrogens with one attached hydrogen (secondary N) is 1. The molecule has 0 saturated carbocycles. The lowest BCUT2D eigenvalue weighted by molar-refractivity contribution is 0.106. The number of fused-ring (bicyclic) bond motifs is 1. The van der Waals surface area contributed by atoms with Crippen molar-refractivity contribution in [1.29, 1.82) is 0 Å². The molecule has 0 spiro atoms. The molecular formula is C6H14Cl2N2. The van der Waals surface area contributed by atoms with Crippen LogP contribution in [0.3, 0.4) is 0 Å². The standard InChI is InChI=1S/C6H12N2.2ClH/c1-8-4-5-6(8)2-3-7-5;;/h5-7H,2-4H2,1H3;2*1H/t5-,6-;;/m0../s1. The molecule has 1 N–H and O–H groups in total. The van der Waals surface area contributed by atoms with Crippen molar-refractivity contribution in [3.63, 3.8) is 0 Å². The van der Waals surface area contributed by atoms with Gasteiger partial charge in [-0.25, -0.2) is 0 Å². The Kier molecular flexibility index (Phi) is 3.95. The Labute approximate surface area is 74.2 Å². The normalized spacial score (nSPS) is 36.9. The summed E-state index contributed by atoms with van der Waals surface area (Å²) in [5, 5.41) is 3.44. The van der Waals surface area contributed by atoms with E-state index in [-0.39, 0.29) is 24.8 Å². The van der Waals surface area contributed by atoms with Crippen molar-refractivity contribution in [2.24, 2.45) is 0 Å². The molecule has 2 fully saturated rings. The number of nitrogens with zero attached hydrogens (tertiary/aromatic N) is 1. The lowest BCUT2D eigenvalue weighted by Crippen LogP contribution is -2.58. The molecule has 0 radical (unpaired) electrons. The van der Waals surface area contributed by atoms with E-state index in [1.807, 2.05) is 0 Å². The van der Waals surface area contributed by atoms with Crippen LogP contribution in [0.5, 0.6) is 0 Å². The first-order chi connectivity index (χ1) is 3.88. The Morgan fingerprint density at radius 1 is 1.40 bits per heavy atom. The molecule has 2 aliphatic heterocycles. The van der Waals surface area contributed by atoms with Gasteiger partial charge in [0.05, 0.1) is 0 Å². The predicted octanol–water partition coefficient (Wildman–Crippen LogP) is 0.506. The summed E-state index contributed by atoms with van der Waals surface area (Å²) < 4.78 is 0. The van der Waals surface area contributed by atoms with Crippen LogP contribution in [-0.2, 0) is 0 Å². The highest BCUT2D eigenvalue weighted by Gasteiger charge is 2.38. The van der Waals surface area contributed by atoms with Crippen LogP contribution in [0.15, 0.2) is 0 Å². The molecule has 2 atom stereocenters. The Morgan fingerprint density at radius 2 is 2.10 bits per heavy atom. The van der Waals surface area contributed by atoms with Gasteiger partial charge in [0.25, 0.3) is 0 Å². The van der Waals surface area contributed by atoms with Gasteiger partial charge in [-0.05, 0) is 20.0 Å². The van der Waals surface area contributed by atoms with Crippen LogP contribution in [0.1, 0.15) is 6.42 Å². The predicted molar refractivity (Wildman–Crippen MR) is 47.3 cm³/mol. The summed E-state index contributed by atoms with van der Waals surface area (Å²) in [6.07, 6.45) is 1.36. The number of halogens is 2. The maximum absolute atomic E-state index is 3.44. The first-order valence-electron chi connectivity index (χ1n) is 3.31. The molecular weight excluding hydrogens is 171 g/mol. The SMILES string of the molecule is CN1C[C@@H]2NCC[C@@H]21.Cl.Cl. The Balaban J connectivity index is 0.000000405. The molecule has 62 valence electrons. The summed E-state index contributed by atoms with van der Waals surface area (Å²) in [5.74, 6) is 0. The lowest BCUT2D eigenvalue weighted by Gasteiger charge is -2.41. The van der Waals surface area contributed by atoms with Crippen molar-refractivity contribution in [3.05, 3.63) is 0 Å². The summed E-state index contributed by atoms with van der Waals surface area (Å²) in [6, 6.07) is 1.73. The third kappa shape index (κ3) is 1.40. The highest BCUT2D eigenvalue weighted by molar-refractivity contribution is 5.85. The molecule has 2 heterocycles. The number of likely N-dealkylation sites (tertiary alicyclic amines) is 1. The molecule has 2 nitrogen and oxygen atoms in total. The third-order valence-corrected chi connectivity index (χ3v) is 2.36. The van der Waals surface area contributed by atoms with Crippen LogP contribution in [0.2, 0.25) is 0 Å². The van der Waals surface area contributed by atoms with Gasteiger partial charge in [-0.1, -0.05) is 0 Å². The van der Waals surface area contributed by atoms with Gasteiger partial charge in [0, 0.05) is 18.6 Å². The first kappa shape index (κ1) is 10.5. The van der Waals surface area contributed by atoms with Crippen LogP contribution in [0.4, 0.5) is 0 Å². The number of rotatable bonds is 0. The van der Waals surface area contributed by atoms with Gasteiger partial charge in [0.15, 0.2) is 0 Å². The molecule has 2 aliphatic rings. The quantitative estimate of drug-likeness (QED) is 0.591. The van der Waals surface area contributed by atoms with Crippen LogP contribution >= 0.6 is 24.8 Å². The van der Waals surface area contributed by atoms with Crippen LogP contribution < -0.4 is 5.32 Å². The summed E-state index contributed by atoms with van der Waals surface area (Å²) in [7, 11) is 2.20. The molecule has 4 heteroatoms. The smallest absolute Gasteiger partial charge is 0.0351 e. The van der Waals surface area contributed by atoms with Gasteiger partial charge in [-0.15, -0.1) is 24.8 Å². The molecule has 0 unspecified atom stereocenters. The molecule has 0 bridgehead atoms. The fourth-order valence-corrected chi connectivity index (χ4v) is 1.78. The average molecular weight is 185 g/mol. The summed E-state index contributed by atoms with van der Waals surface area (Å²) in [4.78, 5) is 2.42.